The Morgan fingerprint density at radius 1 is 1.69 bits per heavy atom. The van der Waals surface area contributed by atoms with Crippen molar-refractivity contribution in [2.45, 2.75) is 24.0 Å². The molecule has 1 N–H and O–H groups in total. The zero-order valence-electron chi connectivity index (χ0n) is 7.66. The van der Waals surface area contributed by atoms with E-state index >= 15 is 0 Å². The maximum Gasteiger partial charge on any atom is 0.303 e. The van der Waals surface area contributed by atoms with Crippen molar-refractivity contribution in [2.24, 2.45) is 0 Å². The first-order valence-corrected chi connectivity index (χ1v) is 6.02. The second-order valence-electron chi connectivity index (χ2n) is 2.77. The summed E-state index contributed by atoms with van der Waals surface area (Å²) in [4.78, 5) is 11.6. The number of thioether (sulfide) groups is 1. The van der Waals surface area contributed by atoms with Crippen LogP contribution in [0, 0.1) is 6.92 Å². The van der Waals surface area contributed by atoms with E-state index in [1.165, 1.54) is 14.6 Å². The van der Waals surface area contributed by atoms with E-state index in [4.69, 9.17) is 5.11 Å². The van der Waals surface area contributed by atoms with Crippen LogP contribution in [0.15, 0.2) is 10.3 Å². The van der Waals surface area contributed by atoms with Gasteiger partial charge in [-0.05, 0) is 31.2 Å². The molecule has 72 valence electrons. The number of hydrogen-bond acceptors (Lipinski definition) is 3. The van der Waals surface area contributed by atoms with Crippen LogP contribution in [-0.2, 0) is 11.2 Å². The monoisotopic (exact) mass is 216 g/mol. The molecule has 0 radical (unpaired) electrons. The number of carboxylic acids is 1. The van der Waals surface area contributed by atoms with Crippen molar-refractivity contribution in [3.63, 3.8) is 0 Å². The highest BCUT2D eigenvalue weighted by Gasteiger charge is 2.06. The van der Waals surface area contributed by atoms with Crippen LogP contribution in [0.3, 0.4) is 0 Å². The first-order valence-electron chi connectivity index (χ1n) is 3.98. The van der Waals surface area contributed by atoms with Gasteiger partial charge < -0.3 is 5.11 Å². The summed E-state index contributed by atoms with van der Waals surface area (Å²) in [5.74, 6) is -0.724. The second-order valence-corrected chi connectivity index (χ2v) is 5.01. The Morgan fingerprint density at radius 2 is 2.38 bits per heavy atom. The van der Waals surface area contributed by atoms with Gasteiger partial charge in [0.25, 0.3) is 0 Å². The molecule has 1 aromatic rings. The lowest BCUT2D eigenvalue weighted by Crippen LogP contribution is -1.96. The molecule has 0 amide bonds. The number of carbonyl (C=O) groups is 1. The molecule has 0 saturated carbocycles. The minimum absolute atomic E-state index is 0.231. The normalized spacial score (nSPS) is 10.3. The topological polar surface area (TPSA) is 37.3 Å². The van der Waals surface area contributed by atoms with Crippen molar-refractivity contribution >= 4 is 29.1 Å². The SMILES string of the molecule is CSc1cc(C)c(CCC(=O)O)s1. The van der Waals surface area contributed by atoms with Crippen molar-refractivity contribution in [1.29, 1.82) is 0 Å². The molecule has 0 fully saturated rings. The minimum Gasteiger partial charge on any atom is -0.481 e. The quantitative estimate of drug-likeness (QED) is 0.786. The Balaban J connectivity index is 2.65. The fourth-order valence-corrected chi connectivity index (χ4v) is 2.89. The van der Waals surface area contributed by atoms with Crippen molar-refractivity contribution in [1.82, 2.24) is 0 Å². The van der Waals surface area contributed by atoms with Gasteiger partial charge in [0.15, 0.2) is 0 Å². The van der Waals surface area contributed by atoms with Crippen molar-refractivity contribution in [2.75, 3.05) is 6.26 Å². The minimum atomic E-state index is -0.724. The first kappa shape index (κ1) is 10.6. The summed E-state index contributed by atoms with van der Waals surface area (Å²) in [5, 5.41) is 8.53. The van der Waals surface area contributed by atoms with Gasteiger partial charge in [-0.25, -0.2) is 0 Å². The molecule has 0 aromatic carbocycles. The molecular formula is C9H12O2S2. The zero-order valence-corrected chi connectivity index (χ0v) is 9.30. The van der Waals surface area contributed by atoms with E-state index in [0.717, 1.165) is 0 Å². The van der Waals surface area contributed by atoms with Crippen LogP contribution in [0.4, 0.5) is 0 Å². The van der Waals surface area contributed by atoms with Crippen LogP contribution in [-0.4, -0.2) is 17.3 Å². The predicted octanol–water partition coefficient (Wildman–Crippen LogP) is 2.80. The van der Waals surface area contributed by atoms with Crippen LogP contribution in [0.5, 0.6) is 0 Å². The van der Waals surface area contributed by atoms with Gasteiger partial charge in [-0.2, -0.15) is 0 Å². The maximum absolute atomic E-state index is 10.4. The van der Waals surface area contributed by atoms with Gasteiger partial charge in [0.2, 0.25) is 0 Å². The highest BCUT2D eigenvalue weighted by Crippen LogP contribution is 2.29. The lowest BCUT2D eigenvalue weighted by atomic mass is 10.2. The number of carboxylic acid groups (broad SMARTS) is 1. The number of rotatable bonds is 4. The molecule has 0 unspecified atom stereocenters. The summed E-state index contributed by atoms with van der Waals surface area (Å²) in [7, 11) is 0. The highest BCUT2D eigenvalue weighted by atomic mass is 32.2. The predicted molar refractivity (Wildman–Crippen MR) is 56.8 cm³/mol. The van der Waals surface area contributed by atoms with Crippen molar-refractivity contribution in [3.05, 3.63) is 16.5 Å². The fourth-order valence-electron chi connectivity index (χ4n) is 1.06. The van der Waals surface area contributed by atoms with E-state index in [1.807, 2.05) is 13.2 Å². The Kier molecular flexibility index (Phi) is 3.81. The highest BCUT2D eigenvalue weighted by molar-refractivity contribution is 8.00. The second kappa shape index (κ2) is 4.67. The molecule has 0 spiro atoms. The van der Waals surface area contributed by atoms with E-state index in [2.05, 4.69) is 6.07 Å². The molecule has 1 heterocycles. The molecule has 0 atom stereocenters. The summed E-state index contributed by atoms with van der Waals surface area (Å²) >= 11 is 3.41. The lowest BCUT2D eigenvalue weighted by molar-refractivity contribution is -0.136. The van der Waals surface area contributed by atoms with E-state index in [9.17, 15) is 4.79 Å². The van der Waals surface area contributed by atoms with Crippen molar-refractivity contribution in [3.8, 4) is 0 Å². The summed E-state index contributed by atoms with van der Waals surface area (Å²) in [6, 6.07) is 2.12. The zero-order chi connectivity index (χ0) is 9.84. The standard InChI is InChI=1S/C9H12O2S2/c1-6-5-9(12-2)13-7(6)3-4-8(10)11/h5H,3-4H2,1-2H3,(H,10,11). The molecule has 4 heteroatoms. The Morgan fingerprint density at radius 3 is 2.85 bits per heavy atom. The third-order valence-corrected chi connectivity index (χ3v) is 4.13. The molecule has 0 aliphatic carbocycles. The average molecular weight is 216 g/mol. The van der Waals surface area contributed by atoms with Gasteiger partial charge in [-0.15, -0.1) is 23.1 Å². The summed E-state index contributed by atoms with van der Waals surface area (Å²) < 4.78 is 1.26. The lowest BCUT2D eigenvalue weighted by Gasteiger charge is -1.94. The van der Waals surface area contributed by atoms with Gasteiger partial charge in [0, 0.05) is 4.88 Å². The smallest absolute Gasteiger partial charge is 0.303 e. The molecule has 13 heavy (non-hydrogen) atoms. The van der Waals surface area contributed by atoms with E-state index in [-0.39, 0.29) is 6.42 Å². The number of aliphatic carboxylic acids is 1. The molecule has 0 aliphatic rings. The largest absolute Gasteiger partial charge is 0.481 e. The molecule has 0 bridgehead atoms. The number of thiophene rings is 1. The molecule has 1 aromatic heterocycles. The molecular weight excluding hydrogens is 204 g/mol. The molecule has 0 aliphatic heterocycles. The molecule has 0 saturated heterocycles. The van der Waals surface area contributed by atoms with Crippen LogP contribution >= 0.6 is 23.1 Å². The van der Waals surface area contributed by atoms with Gasteiger partial charge in [-0.3, -0.25) is 4.79 Å². The van der Waals surface area contributed by atoms with E-state index in [0.29, 0.717) is 6.42 Å². The van der Waals surface area contributed by atoms with Gasteiger partial charge in [-0.1, -0.05) is 0 Å². The first-order chi connectivity index (χ1) is 6.13. The van der Waals surface area contributed by atoms with E-state index in [1.54, 1.807) is 23.1 Å². The third-order valence-electron chi connectivity index (χ3n) is 1.77. The Hall–Kier alpha value is -0.480. The van der Waals surface area contributed by atoms with Crippen LogP contribution in [0.1, 0.15) is 16.9 Å². The van der Waals surface area contributed by atoms with Crippen LogP contribution in [0.2, 0.25) is 0 Å². The van der Waals surface area contributed by atoms with Crippen molar-refractivity contribution < 1.29 is 9.90 Å². The van der Waals surface area contributed by atoms with Gasteiger partial charge >= 0.3 is 5.97 Å². The van der Waals surface area contributed by atoms with Gasteiger partial charge in [0.05, 0.1) is 10.6 Å². The molecule has 2 nitrogen and oxygen atoms in total. The maximum atomic E-state index is 10.4. The fraction of sp³-hybridized carbons (Fsp3) is 0.444. The summed E-state index contributed by atoms with van der Waals surface area (Å²) in [6.07, 6.45) is 2.92. The van der Waals surface area contributed by atoms with Gasteiger partial charge in [0.1, 0.15) is 0 Å². The molecule has 1 rings (SSSR count). The summed E-state index contributed by atoms with van der Waals surface area (Å²) in [6.45, 7) is 2.04. The number of aryl methyl sites for hydroxylation is 2. The van der Waals surface area contributed by atoms with Crippen LogP contribution < -0.4 is 0 Å². The Labute approximate surface area is 86.0 Å². The summed E-state index contributed by atoms with van der Waals surface area (Å²) in [5.41, 5.74) is 1.22. The average Bonchev–Trinajstić information content (AvgIpc) is 2.43. The van der Waals surface area contributed by atoms with E-state index < -0.39 is 5.97 Å². The van der Waals surface area contributed by atoms with Crippen LogP contribution in [0.25, 0.3) is 0 Å². The Bertz CT molecular complexity index is 305. The third kappa shape index (κ3) is 3.04. The number of hydrogen-bond donors (Lipinski definition) is 1.